The number of esters is 1. The summed E-state index contributed by atoms with van der Waals surface area (Å²) in [5.41, 5.74) is 3.11. The first-order valence-corrected chi connectivity index (χ1v) is 7.48. The lowest BCUT2D eigenvalue weighted by Gasteiger charge is -2.33. The van der Waals surface area contributed by atoms with E-state index in [4.69, 9.17) is 4.74 Å². The zero-order valence-corrected chi connectivity index (χ0v) is 13.1. The molecule has 2 nitrogen and oxygen atoms in total. The normalized spacial score (nSPS) is 14.1. The van der Waals surface area contributed by atoms with Crippen LogP contribution >= 0.6 is 0 Å². The van der Waals surface area contributed by atoms with E-state index in [2.05, 4.69) is 13.2 Å². The molecule has 2 aromatic carbocycles. The second-order valence-electron chi connectivity index (χ2n) is 5.62. The molecule has 0 bridgehead atoms. The minimum absolute atomic E-state index is 0.360. The van der Waals surface area contributed by atoms with Gasteiger partial charge < -0.3 is 4.74 Å². The van der Waals surface area contributed by atoms with Crippen LogP contribution in [-0.2, 0) is 15.1 Å². The predicted molar refractivity (Wildman–Crippen MR) is 93.7 cm³/mol. The summed E-state index contributed by atoms with van der Waals surface area (Å²) in [5, 5.41) is 0. The van der Waals surface area contributed by atoms with Gasteiger partial charge in [-0.05, 0) is 24.1 Å². The Morgan fingerprint density at radius 2 is 1.48 bits per heavy atom. The van der Waals surface area contributed by atoms with Crippen molar-refractivity contribution in [3.05, 3.63) is 95.6 Å². The lowest BCUT2D eigenvalue weighted by atomic mass is 9.83. The molecule has 1 aliphatic rings. The highest BCUT2D eigenvalue weighted by Gasteiger charge is 2.39. The maximum Gasteiger partial charge on any atom is 0.334 e. The number of ether oxygens (including phenoxy) is 1. The van der Waals surface area contributed by atoms with Gasteiger partial charge in [-0.3, -0.25) is 0 Å². The molecule has 23 heavy (non-hydrogen) atoms. The second-order valence-corrected chi connectivity index (χ2v) is 5.62. The van der Waals surface area contributed by atoms with Gasteiger partial charge in [0, 0.05) is 16.7 Å². The van der Waals surface area contributed by atoms with E-state index in [1.807, 2.05) is 60.7 Å². The molecular weight excluding hydrogens is 284 g/mol. The monoisotopic (exact) mass is 302 g/mol. The van der Waals surface area contributed by atoms with Gasteiger partial charge in [0.15, 0.2) is 5.60 Å². The van der Waals surface area contributed by atoms with Crippen molar-refractivity contribution in [1.29, 1.82) is 0 Å². The Kier molecular flexibility index (Phi) is 3.75. The SMILES string of the molecule is C=CC1(OC(=O)C(=C)C)c2ccccc2C=Cc2ccccc21. The third-order valence-corrected chi connectivity index (χ3v) is 4.05. The first-order chi connectivity index (χ1) is 11.1. The van der Waals surface area contributed by atoms with Gasteiger partial charge in [0.25, 0.3) is 0 Å². The van der Waals surface area contributed by atoms with Crippen LogP contribution in [0.5, 0.6) is 0 Å². The van der Waals surface area contributed by atoms with E-state index in [9.17, 15) is 4.79 Å². The average molecular weight is 302 g/mol. The summed E-state index contributed by atoms with van der Waals surface area (Å²) in [4.78, 5) is 12.3. The van der Waals surface area contributed by atoms with Crippen LogP contribution in [0, 0.1) is 0 Å². The van der Waals surface area contributed by atoms with Crippen LogP contribution in [0.2, 0.25) is 0 Å². The van der Waals surface area contributed by atoms with Gasteiger partial charge in [0.1, 0.15) is 0 Å². The predicted octanol–water partition coefficient (Wildman–Crippen LogP) is 4.72. The minimum Gasteiger partial charge on any atom is -0.442 e. The summed E-state index contributed by atoms with van der Waals surface area (Å²) in [6.07, 6.45) is 5.76. The van der Waals surface area contributed by atoms with Crippen molar-refractivity contribution >= 4 is 18.1 Å². The van der Waals surface area contributed by atoms with Gasteiger partial charge in [0.05, 0.1) is 0 Å². The molecule has 0 aromatic heterocycles. The molecule has 114 valence electrons. The third-order valence-electron chi connectivity index (χ3n) is 4.05. The van der Waals surface area contributed by atoms with Gasteiger partial charge >= 0.3 is 5.97 Å². The van der Waals surface area contributed by atoms with Crippen molar-refractivity contribution in [2.24, 2.45) is 0 Å². The maximum absolute atomic E-state index is 12.3. The Morgan fingerprint density at radius 1 is 1.00 bits per heavy atom. The summed E-state index contributed by atoms with van der Waals surface area (Å²) in [5.74, 6) is -0.434. The van der Waals surface area contributed by atoms with Crippen LogP contribution in [0.4, 0.5) is 0 Å². The molecule has 0 saturated heterocycles. The Bertz CT molecular complexity index is 778. The van der Waals surface area contributed by atoms with E-state index >= 15 is 0 Å². The van der Waals surface area contributed by atoms with Crippen molar-refractivity contribution in [3.63, 3.8) is 0 Å². The van der Waals surface area contributed by atoms with Crippen molar-refractivity contribution in [2.45, 2.75) is 12.5 Å². The number of hydrogen-bond donors (Lipinski definition) is 0. The highest BCUT2D eigenvalue weighted by atomic mass is 16.6. The molecule has 0 aliphatic heterocycles. The number of rotatable bonds is 3. The highest BCUT2D eigenvalue weighted by molar-refractivity contribution is 5.88. The summed E-state index contributed by atoms with van der Waals surface area (Å²) in [6, 6.07) is 15.8. The molecule has 2 heteroatoms. The fourth-order valence-electron chi connectivity index (χ4n) is 2.89. The van der Waals surface area contributed by atoms with E-state index in [0.29, 0.717) is 5.57 Å². The molecule has 1 aliphatic carbocycles. The minimum atomic E-state index is -1.03. The number of carbonyl (C=O) groups excluding carboxylic acids is 1. The zero-order valence-electron chi connectivity index (χ0n) is 13.1. The lowest BCUT2D eigenvalue weighted by molar-refractivity contribution is -0.147. The van der Waals surface area contributed by atoms with Gasteiger partial charge in [-0.2, -0.15) is 0 Å². The molecular formula is C21H18O2. The van der Waals surface area contributed by atoms with Crippen LogP contribution in [0.25, 0.3) is 12.2 Å². The molecule has 0 radical (unpaired) electrons. The molecule has 0 N–H and O–H groups in total. The van der Waals surface area contributed by atoms with E-state index in [1.165, 1.54) is 0 Å². The van der Waals surface area contributed by atoms with Gasteiger partial charge in [-0.1, -0.05) is 73.8 Å². The van der Waals surface area contributed by atoms with E-state index in [0.717, 1.165) is 22.3 Å². The fourth-order valence-corrected chi connectivity index (χ4v) is 2.89. The largest absolute Gasteiger partial charge is 0.442 e. The quantitative estimate of drug-likeness (QED) is 0.466. The molecule has 0 saturated carbocycles. The smallest absolute Gasteiger partial charge is 0.334 e. The first-order valence-electron chi connectivity index (χ1n) is 7.48. The zero-order chi connectivity index (χ0) is 16.4. The second kappa shape index (κ2) is 5.73. The van der Waals surface area contributed by atoms with E-state index in [-0.39, 0.29) is 0 Å². The maximum atomic E-state index is 12.3. The fraction of sp³-hybridized carbons (Fsp3) is 0.0952. The van der Waals surface area contributed by atoms with Gasteiger partial charge in [-0.25, -0.2) is 4.79 Å². The number of hydrogen-bond acceptors (Lipinski definition) is 2. The summed E-state index contributed by atoms with van der Waals surface area (Å²) < 4.78 is 5.93. The average Bonchev–Trinajstić information content (AvgIpc) is 2.71. The van der Waals surface area contributed by atoms with Crippen LogP contribution in [0.1, 0.15) is 29.2 Å². The summed E-state index contributed by atoms with van der Waals surface area (Å²) in [7, 11) is 0. The molecule has 0 fully saturated rings. The topological polar surface area (TPSA) is 26.3 Å². The Labute approximate surface area is 136 Å². The van der Waals surface area contributed by atoms with E-state index < -0.39 is 11.6 Å². The Balaban J connectivity index is 2.32. The number of carbonyl (C=O) groups is 1. The van der Waals surface area contributed by atoms with Gasteiger partial charge in [-0.15, -0.1) is 0 Å². The Hall–Kier alpha value is -2.87. The van der Waals surface area contributed by atoms with Crippen molar-refractivity contribution < 1.29 is 9.53 Å². The first kappa shape index (κ1) is 15.0. The molecule has 0 atom stereocenters. The molecule has 0 amide bonds. The number of benzene rings is 2. The Morgan fingerprint density at radius 3 is 1.91 bits per heavy atom. The van der Waals surface area contributed by atoms with Crippen LogP contribution < -0.4 is 0 Å². The standard InChI is InChI=1S/C21H18O2/c1-4-21(23-20(22)15(2)3)18-11-7-5-9-16(18)13-14-17-10-6-8-12-19(17)21/h4-14H,1-2H2,3H3. The van der Waals surface area contributed by atoms with Crippen LogP contribution in [-0.4, -0.2) is 5.97 Å². The molecule has 0 heterocycles. The van der Waals surface area contributed by atoms with Crippen LogP contribution in [0.3, 0.4) is 0 Å². The molecule has 0 spiro atoms. The van der Waals surface area contributed by atoms with Crippen molar-refractivity contribution in [3.8, 4) is 0 Å². The van der Waals surface area contributed by atoms with Crippen LogP contribution in [0.15, 0.2) is 73.3 Å². The third kappa shape index (κ3) is 2.42. The van der Waals surface area contributed by atoms with Crippen molar-refractivity contribution in [1.82, 2.24) is 0 Å². The lowest BCUT2D eigenvalue weighted by Crippen LogP contribution is -2.33. The van der Waals surface area contributed by atoms with Gasteiger partial charge in [0.2, 0.25) is 0 Å². The van der Waals surface area contributed by atoms with Crippen molar-refractivity contribution in [2.75, 3.05) is 0 Å². The number of fused-ring (bicyclic) bond motifs is 2. The summed E-state index contributed by atoms with van der Waals surface area (Å²) in [6.45, 7) is 9.32. The molecule has 3 rings (SSSR count). The highest BCUT2D eigenvalue weighted by Crippen LogP contribution is 2.42. The summed E-state index contributed by atoms with van der Waals surface area (Å²) >= 11 is 0. The molecule has 0 unspecified atom stereocenters. The molecule has 2 aromatic rings. The van der Waals surface area contributed by atoms with E-state index in [1.54, 1.807) is 13.0 Å².